The summed E-state index contributed by atoms with van der Waals surface area (Å²) < 4.78 is 5.48. The van der Waals surface area contributed by atoms with Crippen molar-refractivity contribution in [3.05, 3.63) is 65.7 Å². The Kier molecular flexibility index (Phi) is 12.0. The predicted molar refractivity (Wildman–Crippen MR) is 145 cm³/mol. The van der Waals surface area contributed by atoms with Gasteiger partial charge in [-0.1, -0.05) is 37.3 Å². The summed E-state index contributed by atoms with van der Waals surface area (Å²) in [6, 6.07) is 16.7. The molecule has 4 N–H and O–H groups in total. The fourth-order valence-corrected chi connectivity index (χ4v) is 4.91. The van der Waals surface area contributed by atoms with Gasteiger partial charge in [0.05, 0.1) is 24.4 Å². The number of aliphatic hydroxyl groups is 1. The van der Waals surface area contributed by atoms with Crippen LogP contribution in [0.4, 0.5) is 5.69 Å². The zero-order valence-corrected chi connectivity index (χ0v) is 22.4. The van der Waals surface area contributed by atoms with Crippen molar-refractivity contribution < 1.29 is 19.7 Å². The molecule has 0 aromatic heterocycles. The standard InChI is InChI=1S/C19H30N2O2.C7H7NO2.2ClH/c1-16-13-19(22,17-7-5-4-6-8-17)18(2,14-20(16)3)15-21-9-11-23-12-10-21;8-6-3-1-5(2-4-6)7(9)10;;/h4-8,16,22H,9-15H2,1-3H3;1-4H,8H2,(H,9,10);2*1H. The number of benzene rings is 2. The second-order valence-electron chi connectivity index (χ2n) is 9.57. The largest absolute Gasteiger partial charge is 0.478 e. The second kappa shape index (κ2) is 13.4. The Hall–Kier alpha value is -1.87. The van der Waals surface area contributed by atoms with Crippen molar-refractivity contribution in [1.82, 2.24) is 9.80 Å². The van der Waals surface area contributed by atoms with E-state index in [1.807, 2.05) is 18.2 Å². The maximum absolute atomic E-state index is 11.8. The predicted octanol–water partition coefficient (Wildman–Crippen LogP) is 3.75. The Labute approximate surface area is 221 Å². The number of halogens is 2. The van der Waals surface area contributed by atoms with Gasteiger partial charge in [-0.3, -0.25) is 4.90 Å². The minimum Gasteiger partial charge on any atom is -0.478 e. The van der Waals surface area contributed by atoms with E-state index in [2.05, 4.69) is 42.8 Å². The van der Waals surface area contributed by atoms with Crippen LogP contribution in [0.25, 0.3) is 0 Å². The first kappa shape index (κ1) is 31.2. The van der Waals surface area contributed by atoms with Gasteiger partial charge in [-0.25, -0.2) is 4.79 Å². The van der Waals surface area contributed by atoms with Crippen LogP contribution in [0, 0.1) is 5.41 Å². The van der Waals surface area contributed by atoms with Gasteiger partial charge >= 0.3 is 5.97 Å². The summed E-state index contributed by atoms with van der Waals surface area (Å²) >= 11 is 0. The highest BCUT2D eigenvalue weighted by Crippen LogP contribution is 2.48. The fourth-order valence-electron chi connectivity index (χ4n) is 4.91. The molecule has 3 unspecified atom stereocenters. The number of anilines is 1. The van der Waals surface area contributed by atoms with Crippen LogP contribution >= 0.6 is 24.8 Å². The lowest BCUT2D eigenvalue weighted by atomic mass is 9.63. The molecular weight excluding hydrogens is 489 g/mol. The SMILES string of the molecule is CC1CC(O)(c2ccccc2)C(C)(CN2CCOCC2)CN1C.Cl.Cl.Nc1ccc(C(=O)O)cc1. The van der Waals surface area contributed by atoms with Crippen molar-refractivity contribution in [2.45, 2.75) is 31.9 Å². The molecule has 3 atom stereocenters. The van der Waals surface area contributed by atoms with Gasteiger partial charge in [-0.05, 0) is 50.2 Å². The Bertz CT molecular complexity index is 913. The number of nitrogens with zero attached hydrogens (tertiary/aromatic N) is 2. The topological polar surface area (TPSA) is 99.3 Å². The van der Waals surface area contributed by atoms with E-state index in [1.165, 1.54) is 12.1 Å². The van der Waals surface area contributed by atoms with Crippen LogP contribution in [0.5, 0.6) is 0 Å². The molecule has 0 amide bonds. The highest BCUT2D eigenvalue weighted by atomic mass is 35.5. The van der Waals surface area contributed by atoms with E-state index in [0.717, 1.165) is 51.4 Å². The lowest BCUT2D eigenvalue weighted by Crippen LogP contribution is -2.63. The zero-order chi connectivity index (χ0) is 24.1. The van der Waals surface area contributed by atoms with Crippen LogP contribution in [-0.2, 0) is 10.3 Å². The van der Waals surface area contributed by atoms with Crippen molar-refractivity contribution >= 4 is 36.5 Å². The molecule has 0 aliphatic carbocycles. The molecule has 2 aliphatic heterocycles. The molecule has 7 nitrogen and oxygen atoms in total. The number of nitrogens with two attached hydrogens (primary N) is 1. The fraction of sp³-hybridized carbons (Fsp3) is 0.500. The van der Waals surface area contributed by atoms with E-state index < -0.39 is 11.6 Å². The highest BCUT2D eigenvalue weighted by molar-refractivity contribution is 5.87. The van der Waals surface area contributed by atoms with Crippen LogP contribution in [0.2, 0.25) is 0 Å². The molecule has 0 spiro atoms. The van der Waals surface area contributed by atoms with E-state index in [0.29, 0.717) is 11.7 Å². The minimum atomic E-state index is -0.931. The van der Waals surface area contributed by atoms with E-state index in [-0.39, 0.29) is 35.8 Å². The number of likely N-dealkylation sites (tertiary alicyclic amines) is 1. The van der Waals surface area contributed by atoms with Crippen molar-refractivity contribution in [1.29, 1.82) is 0 Å². The average molecular weight is 529 g/mol. The number of morpholine rings is 1. The summed E-state index contributed by atoms with van der Waals surface area (Å²) in [5, 5.41) is 20.2. The number of ether oxygens (including phenoxy) is 1. The number of hydrogen-bond acceptors (Lipinski definition) is 6. The monoisotopic (exact) mass is 527 g/mol. The summed E-state index contributed by atoms with van der Waals surface area (Å²) in [4.78, 5) is 15.1. The molecule has 2 aromatic rings. The number of hydrogen-bond donors (Lipinski definition) is 3. The maximum Gasteiger partial charge on any atom is 0.335 e. The Morgan fingerprint density at radius 3 is 2.20 bits per heavy atom. The first-order valence-electron chi connectivity index (χ1n) is 11.5. The minimum absolute atomic E-state index is 0. The third-order valence-electron chi connectivity index (χ3n) is 7.03. The van der Waals surface area contributed by atoms with Crippen LogP contribution in [0.3, 0.4) is 0 Å². The number of carbonyl (C=O) groups is 1. The summed E-state index contributed by atoms with van der Waals surface area (Å²) in [5.74, 6) is -0.931. The van der Waals surface area contributed by atoms with Gasteiger partial charge in [0.2, 0.25) is 0 Å². The highest BCUT2D eigenvalue weighted by Gasteiger charge is 2.53. The summed E-state index contributed by atoms with van der Waals surface area (Å²) in [5.41, 5.74) is 6.22. The van der Waals surface area contributed by atoms with Gasteiger partial charge in [0.15, 0.2) is 0 Å². The molecule has 4 rings (SSSR count). The molecule has 0 saturated carbocycles. The van der Waals surface area contributed by atoms with Crippen LogP contribution in [-0.4, -0.2) is 78.5 Å². The van der Waals surface area contributed by atoms with Gasteiger partial charge in [0, 0.05) is 43.3 Å². The molecule has 0 bridgehead atoms. The number of aromatic carboxylic acids is 1. The van der Waals surface area contributed by atoms with Crippen molar-refractivity contribution in [3.63, 3.8) is 0 Å². The number of nitrogen functional groups attached to an aromatic ring is 1. The van der Waals surface area contributed by atoms with Crippen molar-refractivity contribution in [2.24, 2.45) is 5.41 Å². The second-order valence-corrected chi connectivity index (χ2v) is 9.57. The lowest BCUT2D eigenvalue weighted by Gasteiger charge is -2.55. The van der Waals surface area contributed by atoms with Gasteiger partial charge in [-0.2, -0.15) is 0 Å². The van der Waals surface area contributed by atoms with E-state index >= 15 is 0 Å². The van der Waals surface area contributed by atoms with Gasteiger partial charge < -0.3 is 25.6 Å². The molecule has 2 heterocycles. The Morgan fingerprint density at radius 2 is 1.66 bits per heavy atom. The van der Waals surface area contributed by atoms with E-state index in [1.54, 1.807) is 12.1 Å². The Balaban J connectivity index is 0.000000435. The average Bonchev–Trinajstić information content (AvgIpc) is 2.80. The zero-order valence-electron chi connectivity index (χ0n) is 20.7. The summed E-state index contributed by atoms with van der Waals surface area (Å²) in [6.45, 7) is 9.77. The van der Waals surface area contributed by atoms with Gasteiger partial charge in [0.25, 0.3) is 0 Å². The van der Waals surface area contributed by atoms with Crippen LogP contribution < -0.4 is 5.73 Å². The van der Waals surface area contributed by atoms with Crippen molar-refractivity contribution in [3.8, 4) is 0 Å². The number of carboxylic acid groups (broad SMARTS) is 1. The molecule has 2 fully saturated rings. The Morgan fingerprint density at radius 1 is 1.09 bits per heavy atom. The first-order chi connectivity index (χ1) is 15.6. The van der Waals surface area contributed by atoms with Gasteiger partial charge in [0.1, 0.15) is 0 Å². The quantitative estimate of drug-likeness (QED) is 0.520. The normalized spacial score (nSPS) is 26.9. The molecular formula is C26H39Cl2N3O4. The van der Waals surface area contributed by atoms with Gasteiger partial charge in [-0.15, -0.1) is 24.8 Å². The molecule has 2 aliphatic rings. The summed E-state index contributed by atoms with van der Waals surface area (Å²) in [7, 11) is 2.17. The number of carboxylic acids is 1. The molecule has 9 heteroatoms. The molecule has 0 radical (unpaired) electrons. The van der Waals surface area contributed by atoms with E-state index in [9.17, 15) is 9.90 Å². The maximum atomic E-state index is 11.8. The molecule has 35 heavy (non-hydrogen) atoms. The molecule has 2 aromatic carbocycles. The smallest absolute Gasteiger partial charge is 0.335 e. The third kappa shape index (κ3) is 7.56. The first-order valence-corrected chi connectivity index (χ1v) is 11.5. The summed E-state index contributed by atoms with van der Waals surface area (Å²) in [6.07, 6.45) is 0.772. The molecule has 2 saturated heterocycles. The van der Waals surface area contributed by atoms with Crippen molar-refractivity contribution in [2.75, 3.05) is 52.2 Å². The van der Waals surface area contributed by atoms with Crippen LogP contribution in [0.15, 0.2) is 54.6 Å². The number of rotatable bonds is 4. The van der Waals surface area contributed by atoms with E-state index in [4.69, 9.17) is 15.6 Å². The third-order valence-corrected chi connectivity index (χ3v) is 7.03. The number of piperidine rings is 1. The molecule has 196 valence electrons. The van der Waals surface area contributed by atoms with Crippen LogP contribution in [0.1, 0.15) is 36.2 Å². The lowest BCUT2D eigenvalue weighted by molar-refractivity contribution is -0.158.